The van der Waals surface area contributed by atoms with Gasteiger partial charge in [-0.05, 0) is 19.9 Å². The normalized spacial score (nSPS) is 10.3. The molecule has 0 spiro atoms. The van der Waals surface area contributed by atoms with Crippen LogP contribution in [0.4, 0.5) is 18.9 Å². The van der Waals surface area contributed by atoms with E-state index >= 15 is 0 Å². The molecule has 0 amide bonds. The standard InChI is InChI=1S/C11H13BF3N.2H2O/c1-3-16(4-2)10-6-5-8(12)7-9(10)11(13,14)15;;/h5-7H,3-4H2,1-2H3;2*1H2. The van der Waals surface area contributed by atoms with Crippen LogP contribution < -0.4 is 10.4 Å². The number of nitrogens with zero attached hydrogens (tertiary/aromatic N) is 1. The first kappa shape index (κ1) is 19.1. The van der Waals surface area contributed by atoms with Crippen LogP contribution in [-0.2, 0) is 6.18 Å². The number of hydrogen-bond donors (Lipinski definition) is 0. The van der Waals surface area contributed by atoms with E-state index in [1.807, 2.05) is 13.8 Å². The minimum Gasteiger partial charge on any atom is -0.412 e. The molecule has 102 valence electrons. The van der Waals surface area contributed by atoms with Crippen LogP contribution >= 0.6 is 0 Å². The summed E-state index contributed by atoms with van der Waals surface area (Å²) in [5, 5.41) is 0. The van der Waals surface area contributed by atoms with E-state index in [9.17, 15) is 13.2 Å². The topological polar surface area (TPSA) is 66.2 Å². The SMILES string of the molecule is O.O.[B]c1ccc(N(CC)CC)c(C(F)(F)F)c1. The van der Waals surface area contributed by atoms with Gasteiger partial charge in [-0.1, -0.05) is 17.6 Å². The lowest BCUT2D eigenvalue weighted by Crippen LogP contribution is -2.26. The molecule has 0 saturated heterocycles. The molecule has 0 aliphatic rings. The van der Waals surface area contributed by atoms with Crippen molar-refractivity contribution in [3.63, 3.8) is 0 Å². The molecule has 0 saturated carbocycles. The average Bonchev–Trinajstić information content (AvgIpc) is 2.20. The summed E-state index contributed by atoms with van der Waals surface area (Å²) in [5.41, 5.74) is -0.355. The minimum absolute atomic E-state index is 0. The van der Waals surface area contributed by atoms with E-state index in [-0.39, 0.29) is 22.1 Å². The molecule has 3 nitrogen and oxygen atoms in total. The fourth-order valence-corrected chi connectivity index (χ4v) is 1.62. The molecule has 0 heterocycles. The van der Waals surface area contributed by atoms with Crippen LogP contribution in [0.5, 0.6) is 0 Å². The first-order valence-corrected chi connectivity index (χ1v) is 5.11. The van der Waals surface area contributed by atoms with Crippen molar-refractivity contribution in [1.29, 1.82) is 0 Å². The van der Waals surface area contributed by atoms with Gasteiger partial charge in [0.05, 0.1) is 5.56 Å². The average molecular weight is 263 g/mol. The van der Waals surface area contributed by atoms with Crippen LogP contribution in [0.15, 0.2) is 18.2 Å². The Bertz CT molecular complexity index is 368. The second kappa shape index (κ2) is 7.28. The molecule has 0 aliphatic heterocycles. The Morgan fingerprint density at radius 3 is 2.00 bits per heavy atom. The van der Waals surface area contributed by atoms with Gasteiger partial charge in [0.2, 0.25) is 0 Å². The smallest absolute Gasteiger partial charge is 0.412 e. The summed E-state index contributed by atoms with van der Waals surface area (Å²) in [4.78, 5) is 1.66. The van der Waals surface area contributed by atoms with Gasteiger partial charge in [0.15, 0.2) is 0 Å². The predicted octanol–water partition coefficient (Wildman–Crippen LogP) is 0.696. The highest BCUT2D eigenvalue weighted by Gasteiger charge is 2.34. The third-order valence-corrected chi connectivity index (χ3v) is 2.43. The lowest BCUT2D eigenvalue weighted by atomic mass is 9.93. The number of rotatable bonds is 3. The van der Waals surface area contributed by atoms with E-state index in [2.05, 4.69) is 0 Å². The molecule has 18 heavy (non-hydrogen) atoms. The van der Waals surface area contributed by atoms with Crippen molar-refractivity contribution in [1.82, 2.24) is 0 Å². The van der Waals surface area contributed by atoms with Crippen molar-refractivity contribution in [2.24, 2.45) is 0 Å². The summed E-state index contributed by atoms with van der Waals surface area (Å²) in [7, 11) is 5.39. The lowest BCUT2D eigenvalue weighted by Gasteiger charge is -2.25. The van der Waals surface area contributed by atoms with Crippen molar-refractivity contribution in [3.05, 3.63) is 23.8 Å². The van der Waals surface area contributed by atoms with Crippen LogP contribution in [0.25, 0.3) is 0 Å². The summed E-state index contributed by atoms with van der Waals surface area (Å²) in [6.07, 6.45) is -4.37. The summed E-state index contributed by atoms with van der Waals surface area (Å²) in [5.74, 6) is 0. The molecular weight excluding hydrogens is 246 g/mol. The second-order valence-electron chi connectivity index (χ2n) is 3.45. The van der Waals surface area contributed by atoms with E-state index in [1.54, 1.807) is 4.90 Å². The molecule has 0 aromatic heterocycles. The van der Waals surface area contributed by atoms with Crippen molar-refractivity contribution < 1.29 is 24.1 Å². The van der Waals surface area contributed by atoms with Gasteiger partial charge < -0.3 is 15.9 Å². The zero-order valence-electron chi connectivity index (χ0n) is 10.3. The highest BCUT2D eigenvalue weighted by molar-refractivity contribution is 6.32. The molecule has 4 N–H and O–H groups in total. The van der Waals surface area contributed by atoms with E-state index in [0.717, 1.165) is 6.07 Å². The Hall–Kier alpha value is -1.21. The third kappa shape index (κ3) is 4.23. The monoisotopic (exact) mass is 263 g/mol. The molecular formula is C11H17BF3NO2. The van der Waals surface area contributed by atoms with Gasteiger partial charge in [-0.25, -0.2) is 0 Å². The molecule has 1 rings (SSSR count). The highest BCUT2D eigenvalue weighted by Crippen LogP contribution is 2.35. The number of benzene rings is 1. The van der Waals surface area contributed by atoms with Gasteiger partial charge in [-0.2, -0.15) is 13.2 Å². The van der Waals surface area contributed by atoms with Crippen molar-refractivity contribution in [3.8, 4) is 0 Å². The van der Waals surface area contributed by atoms with Crippen LogP contribution in [0.1, 0.15) is 19.4 Å². The van der Waals surface area contributed by atoms with Crippen molar-refractivity contribution in [2.75, 3.05) is 18.0 Å². The molecule has 1 aromatic rings. The lowest BCUT2D eigenvalue weighted by molar-refractivity contribution is -0.137. The fourth-order valence-electron chi connectivity index (χ4n) is 1.62. The first-order valence-electron chi connectivity index (χ1n) is 5.11. The van der Waals surface area contributed by atoms with Crippen molar-refractivity contribution >= 4 is 19.0 Å². The summed E-state index contributed by atoms with van der Waals surface area (Å²) in [6.45, 7) is 4.70. The molecule has 1 aromatic carbocycles. The quantitative estimate of drug-likeness (QED) is 0.740. The summed E-state index contributed by atoms with van der Waals surface area (Å²) < 4.78 is 38.3. The Kier molecular flexibility index (Phi) is 7.74. The molecule has 0 atom stereocenters. The first-order chi connectivity index (χ1) is 7.40. The number of halogens is 3. The molecule has 0 unspecified atom stereocenters. The summed E-state index contributed by atoms with van der Waals surface area (Å²) in [6, 6.07) is 3.89. The maximum Gasteiger partial charge on any atom is 0.418 e. The zero-order chi connectivity index (χ0) is 12.3. The van der Waals surface area contributed by atoms with E-state index in [4.69, 9.17) is 7.85 Å². The Balaban J connectivity index is 0. The highest BCUT2D eigenvalue weighted by atomic mass is 19.4. The Labute approximate surface area is 106 Å². The number of anilines is 1. The molecule has 0 aliphatic carbocycles. The van der Waals surface area contributed by atoms with Gasteiger partial charge >= 0.3 is 6.18 Å². The van der Waals surface area contributed by atoms with E-state index in [0.29, 0.717) is 13.1 Å². The Morgan fingerprint density at radius 2 is 1.61 bits per heavy atom. The van der Waals surface area contributed by atoms with Gasteiger partial charge in [0, 0.05) is 18.8 Å². The van der Waals surface area contributed by atoms with Crippen LogP contribution in [0.3, 0.4) is 0 Å². The van der Waals surface area contributed by atoms with Crippen LogP contribution in [-0.4, -0.2) is 31.9 Å². The minimum atomic E-state index is -4.37. The number of hydrogen-bond acceptors (Lipinski definition) is 1. The van der Waals surface area contributed by atoms with Gasteiger partial charge in [-0.3, -0.25) is 0 Å². The number of alkyl halides is 3. The van der Waals surface area contributed by atoms with Gasteiger partial charge in [-0.15, -0.1) is 0 Å². The largest absolute Gasteiger partial charge is 0.418 e. The molecule has 2 radical (unpaired) electrons. The van der Waals surface area contributed by atoms with E-state index in [1.165, 1.54) is 12.1 Å². The van der Waals surface area contributed by atoms with Crippen LogP contribution in [0.2, 0.25) is 0 Å². The maximum atomic E-state index is 12.8. The maximum absolute atomic E-state index is 12.8. The zero-order valence-corrected chi connectivity index (χ0v) is 10.3. The fraction of sp³-hybridized carbons (Fsp3) is 0.455. The molecule has 0 bridgehead atoms. The van der Waals surface area contributed by atoms with Crippen molar-refractivity contribution in [2.45, 2.75) is 20.0 Å². The van der Waals surface area contributed by atoms with Crippen LogP contribution in [0, 0.1) is 0 Å². The third-order valence-electron chi connectivity index (χ3n) is 2.43. The summed E-state index contributed by atoms with van der Waals surface area (Å²) >= 11 is 0. The second-order valence-corrected chi connectivity index (χ2v) is 3.45. The van der Waals surface area contributed by atoms with Gasteiger partial charge in [0.1, 0.15) is 7.85 Å². The Morgan fingerprint density at radius 1 is 1.11 bits per heavy atom. The van der Waals surface area contributed by atoms with Gasteiger partial charge in [0.25, 0.3) is 0 Å². The molecule has 0 fully saturated rings. The van der Waals surface area contributed by atoms with E-state index < -0.39 is 11.7 Å². The predicted molar refractivity (Wildman–Crippen MR) is 67.6 cm³/mol. The molecule has 7 heteroatoms.